The second-order valence-electron chi connectivity index (χ2n) is 5.62. The van der Waals surface area contributed by atoms with Crippen LogP contribution in [0.3, 0.4) is 0 Å². The van der Waals surface area contributed by atoms with Crippen molar-refractivity contribution in [3.8, 4) is 0 Å². The van der Waals surface area contributed by atoms with Crippen LogP contribution in [0.5, 0.6) is 0 Å². The molecule has 0 amide bonds. The quantitative estimate of drug-likeness (QED) is 0.865. The second-order valence-corrected chi connectivity index (χ2v) is 5.62. The van der Waals surface area contributed by atoms with Crippen molar-refractivity contribution in [2.45, 2.75) is 51.1 Å². The topological polar surface area (TPSA) is 42.7 Å². The SMILES string of the molecule is c1ncn(Cc2ccc(NC3CCCCCC3)cc2)n1. The molecule has 0 bridgehead atoms. The van der Waals surface area contributed by atoms with Gasteiger partial charge in [0.2, 0.25) is 0 Å². The predicted molar refractivity (Wildman–Crippen MR) is 80.7 cm³/mol. The maximum atomic E-state index is 4.13. The summed E-state index contributed by atoms with van der Waals surface area (Å²) in [5.41, 5.74) is 2.49. The number of aromatic nitrogens is 3. The monoisotopic (exact) mass is 270 g/mol. The van der Waals surface area contributed by atoms with E-state index >= 15 is 0 Å². The molecule has 4 nitrogen and oxygen atoms in total. The maximum Gasteiger partial charge on any atom is 0.137 e. The van der Waals surface area contributed by atoms with Gasteiger partial charge in [0.1, 0.15) is 12.7 Å². The summed E-state index contributed by atoms with van der Waals surface area (Å²) in [5, 5.41) is 7.80. The van der Waals surface area contributed by atoms with Crippen LogP contribution in [-0.4, -0.2) is 20.8 Å². The van der Waals surface area contributed by atoms with Crippen LogP contribution in [0.2, 0.25) is 0 Å². The van der Waals surface area contributed by atoms with Gasteiger partial charge in [-0.05, 0) is 30.5 Å². The van der Waals surface area contributed by atoms with Crippen molar-refractivity contribution in [3.05, 3.63) is 42.5 Å². The Hall–Kier alpha value is -1.84. The van der Waals surface area contributed by atoms with Crippen LogP contribution in [0.1, 0.15) is 44.1 Å². The van der Waals surface area contributed by atoms with Crippen molar-refractivity contribution < 1.29 is 0 Å². The normalized spacial score (nSPS) is 16.8. The Labute approximate surface area is 120 Å². The molecule has 1 saturated carbocycles. The van der Waals surface area contributed by atoms with E-state index in [0.717, 1.165) is 6.54 Å². The highest BCUT2D eigenvalue weighted by Gasteiger charge is 2.11. The summed E-state index contributed by atoms with van der Waals surface area (Å²) in [7, 11) is 0. The first-order valence-corrected chi connectivity index (χ1v) is 7.58. The minimum atomic E-state index is 0.652. The zero-order valence-corrected chi connectivity index (χ0v) is 11.8. The Morgan fingerprint density at radius 2 is 1.80 bits per heavy atom. The molecule has 0 unspecified atom stereocenters. The molecule has 3 rings (SSSR count). The number of anilines is 1. The molecule has 0 spiro atoms. The molecule has 0 atom stereocenters. The number of rotatable bonds is 4. The van der Waals surface area contributed by atoms with E-state index in [1.54, 1.807) is 12.7 Å². The lowest BCUT2D eigenvalue weighted by atomic mass is 10.1. The average Bonchev–Trinajstić information content (AvgIpc) is 2.84. The predicted octanol–water partition coefficient (Wildman–Crippen LogP) is 3.46. The van der Waals surface area contributed by atoms with E-state index in [1.807, 2.05) is 4.68 Å². The van der Waals surface area contributed by atoms with E-state index in [-0.39, 0.29) is 0 Å². The van der Waals surface area contributed by atoms with E-state index in [4.69, 9.17) is 0 Å². The highest BCUT2D eigenvalue weighted by molar-refractivity contribution is 5.45. The maximum absolute atomic E-state index is 4.13. The summed E-state index contributed by atoms with van der Waals surface area (Å²) in [6, 6.07) is 9.34. The van der Waals surface area contributed by atoms with Gasteiger partial charge in [-0.1, -0.05) is 37.8 Å². The van der Waals surface area contributed by atoms with Crippen molar-refractivity contribution in [2.75, 3.05) is 5.32 Å². The van der Waals surface area contributed by atoms with E-state index in [1.165, 1.54) is 49.8 Å². The van der Waals surface area contributed by atoms with Crippen LogP contribution >= 0.6 is 0 Å². The Morgan fingerprint density at radius 1 is 1.05 bits per heavy atom. The molecule has 1 aliphatic rings. The molecule has 1 aromatic carbocycles. The minimum absolute atomic E-state index is 0.652. The summed E-state index contributed by atoms with van der Waals surface area (Å²) in [5.74, 6) is 0. The van der Waals surface area contributed by atoms with Gasteiger partial charge in [0.05, 0.1) is 6.54 Å². The molecule has 1 aromatic heterocycles. The Morgan fingerprint density at radius 3 is 2.45 bits per heavy atom. The summed E-state index contributed by atoms with van der Waals surface area (Å²) < 4.78 is 1.84. The van der Waals surface area contributed by atoms with Gasteiger partial charge in [0.15, 0.2) is 0 Å². The van der Waals surface area contributed by atoms with E-state index in [2.05, 4.69) is 39.7 Å². The van der Waals surface area contributed by atoms with E-state index in [0.29, 0.717) is 6.04 Å². The third kappa shape index (κ3) is 3.59. The molecule has 0 radical (unpaired) electrons. The van der Waals surface area contributed by atoms with Crippen molar-refractivity contribution in [1.82, 2.24) is 14.8 Å². The lowest BCUT2D eigenvalue weighted by Crippen LogP contribution is -2.18. The van der Waals surface area contributed by atoms with Gasteiger partial charge in [0.25, 0.3) is 0 Å². The first-order chi connectivity index (χ1) is 9.90. The number of nitrogens with zero attached hydrogens (tertiary/aromatic N) is 3. The zero-order valence-electron chi connectivity index (χ0n) is 11.8. The van der Waals surface area contributed by atoms with Crippen molar-refractivity contribution in [3.63, 3.8) is 0 Å². The summed E-state index contributed by atoms with van der Waals surface area (Å²) in [4.78, 5) is 3.96. The van der Waals surface area contributed by atoms with Crippen LogP contribution in [0, 0.1) is 0 Å². The number of benzene rings is 1. The third-order valence-corrected chi connectivity index (χ3v) is 3.99. The zero-order chi connectivity index (χ0) is 13.6. The number of hydrogen-bond donors (Lipinski definition) is 1. The largest absolute Gasteiger partial charge is 0.382 e. The molecular formula is C16H22N4. The summed E-state index contributed by atoms with van der Waals surface area (Å²) in [6.45, 7) is 0.781. The molecule has 0 saturated heterocycles. The van der Waals surface area contributed by atoms with E-state index in [9.17, 15) is 0 Å². The van der Waals surface area contributed by atoms with Gasteiger partial charge in [-0.25, -0.2) is 9.67 Å². The molecule has 1 N–H and O–H groups in total. The van der Waals surface area contributed by atoms with Crippen LogP contribution in [0.4, 0.5) is 5.69 Å². The summed E-state index contributed by atoms with van der Waals surface area (Å²) in [6.07, 6.45) is 11.5. The molecule has 1 aliphatic carbocycles. The Bertz CT molecular complexity index is 496. The molecule has 0 aliphatic heterocycles. The Balaban J connectivity index is 1.58. The second kappa shape index (κ2) is 6.55. The third-order valence-electron chi connectivity index (χ3n) is 3.99. The van der Waals surface area contributed by atoms with Crippen molar-refractivity contribution in [1.29, 1.82) is 0 Å². The molecule has 106 valence electrons. The smallest absolute Gasteiger partial charge is 0.137 e. The molecule has 4 heteroatoms. The molecular weight excluding hydrogens is 248 g/mol. The van der Waals surface area contributed by atoms with Gasteiger partial charge < -0.3 is 5.32 Å². The van der Waals surface area contributed by atoms with E-state index < -0.39 is 0 Å². The van der Waals surface area contributed by atoms with Crippen LogP contribution in [0.15, 0.2) is 36.9 Å². The fourth-order valence-electron chi connectivity index (χ4n) is 2.87. The minimum Gasteiger partial charge on any atom is -0.382 e. The van der Waals surface area contributed by atoms with Gasteiger partial charge in [0, 0.05) is 11.7 Å². The fourth-order valence-corrected chi connectivity index (χ4v) is 2.87. The fraction of sp³-hybridized carbons (Fsp3) is 0.500. The highest BCUT2D eigenvalue weighted by Crippen LogP contribution is 2.21. The molecule has 1 fully saturated rings. The van der Waals surface area contributed by atoms with Gasteiger partial charge in [-0.15, -0.1) is 0 Å². The highest BCUT2D eigenvalue weighted by atomic mass is 15.3. The average molecular weight is 270 g/mol. The van der Waals surface area contributed by atoms with Crippen molar-refractivity contribution >= 4 is 5.69 Å². The first kappa shape index (κ1) is 13.2. The lowest BCUT2D eigenvalue weighted by Gasteiger charge is -2.17. The summed E-state index contributed by atoms with van der Waals surface area (Å²) >= 11 is 0. The molecule has 1 heterocycles. The van der Waals surface area contributed by atoms with Gasteiger partial charge >= 0.3 is 0 Å². The first-order valence-electron chi connectivity index (χ1n) is 7.58. The molecule has 20 heavy (non-hydrogen) atoms. The molecule has 2 aromatic rings. The van der Waals surface area contributed by atoms with Crippen LogP contribution < -0.4 is 5.32 Å². The van der Waals surface area contributed by atoms with Crippen LogP contribution in [0.25, 0.3) is 0 Å². The number of hydrogen-bond acceptors (Lipinski definition) is 3. The standard InChI is InChI=1S/C16H22N4/c1-2-4-6-15(5-3-1)19-16-9-7-14(8-10-16)11-20-13-17-12-18-20/h7-10,12-13,15,19H,1-6,11H2. The van der Waals surface area contributed by atoms with Crippen molar-refractivity contribution in [2.24, 2.45) is 0 Å². The Kier molecular flexibility index (Phi) is 4.31. The number of nitrogens with one attached hydrogen (secondary N) is 1. The van der Waals surface area contributed by atoms with Gasteiger partial charge in [-0.2, -0.15) is 5.10 Å². The van der Waals surface area contributed by atoms with Gasteiger partial charge in [-0.3, -0.25) is 0 Å². The van der Waals surface area contributed by atoms with Crippen LogP contribution in [-0.2, 0) is 6.54 Å². The lowest BCUT2D eigenvalue weighted by molar-refractivity contribution is 0.620.